The van der Waals surface area contributed by atoms with E-state index in [1.165, 1.54) is 11.0 Å². The molecule has 0 aliphatic carbocycles. The smallest absolute Gasteiger partial charge is 0.347 e. The lowest BCUT2D eigenvalue weighted by atomic mass is 10.3. The number of benzene rings is 1. The maximum atomic E-state index is 11.5. The van der Waals surface area contributed by atoms with Gasteiger partial charge >= 0.3 is 12.0 Å². The summed E-state index contributed by atoms with van der Waals surface area (Å²) in [5, 5.41) is 4.97. The van der Waals surface area contributed by atoms with E-state index >= 15 is 0 Å². The van der Waals surface area contributed by atoms with E-state index in [0.717, 1.165) is 0 Å². The fourth-order valence-corrected chi connectivity index (χ4v) is 1.81. The summed E-state index contributed by atoms with van der Waals surface area (Å²) in [6, 6.07) is 5.11. The van der Waals surface area contributed by atoms with Crippen LogP contribution in [-0.4, -0.2) is 33.4 Å². The van der Waals surface area contributed by atoms with Gasteiger partial charge in [0, 0.05) is 0 Å². The van der Waals surface area contributed by atoms with Crippen molar-refractivity contribution in [1.82, 2.24) is 14.8 Å². The quantitative estimate of drug-likeness (QED) is 0.789. The largest absolute Gasteiger partial charge is 0.463 e. The highest BCUT2D eigenvalue weighted by Crippen LogP contribution is 2.24. The summed E-state index contributed by atoms with van der Waals surface area (Å²) in [5.74, 6) is -0.469. The van der Waals surface area contributed by atoms with Crippen LogP contribution in [0.4, 0.5) is 0 Å². The SMILES string of the molecule is CCOC(=O)C(C)Oc1ncn(-c2ccc(Cl)c(Cl)c2)n1. The summed E-state index contributed by atoms with van der Waals surface area (Å²) < 4.78 is 11.6. The van der Waals surface area contributed by atoms with Gasteiger partial charge in [-0.05, 0) is 32.0 Å². The predicted molar refractivity (Wildman–Crippen MR) is 78.1 cm³/mol. The zero-order valence-electron chi connectivity index (χ0n) is 11.4. The van der Waals surface area contributed by atoms with Gasteiger partial charge in [-0.1, -0.05) is 23.2 Å². The van der Waals surface area contributed by atoms with Crippen LogP contribution in [0.3, 0.4) is 0 Å². The van der Waals surface area contributed by atoms with Crippen molar-refractivity contribution >= 4 is 29.2 Å². The third-order valence-electron chi connectivity index (χ3n) is 2.54. The number of carbonyl (C=O) groups excluding carboxylic acids is 1. The van der Waals surface area contributed by atoms with Crippen molar-refractivity contribution in [2.75, 3.05) is 6.61 Å². The van der Waals surface area contributed by atoms with Crippen LogP contribution in [0.2, 0.25) is 10.0 Å². The first kappa shape index (κ1) is 15.6. The van der Waals surface area contributed by atoms with Crippen LogP contribution >= 0.6 is 23.2 Å². The summed E-state index contributed by atoms with van der Waals surface area (Å²) in [6.07, 6.45) is 0.668. The number of hydrogen-bond acceptors (Lipinski definition) is 5. The van der Waals surface area contributed by atoms with Crippen LogP contribution in [-0.2, 0) is 9.53 Å². The van der Waals surface area contributed by atoms with E-state index in [1.54, 1.807) is 32.0 Å². The summed E-state index contributed by atoms with van der Waals surface area (Å²) in [6.45, 7) is 3.58. The molecule has 1 aromatic heterocycles. The molecule has 0 amide bonds. The minimum atomic E-state index is -0.783. The maximum Gasteiger partial charge on any atom is 0.347 e. The molecule has 112 valence electrons. The van der Waals surface area contributed by atoms with Crippen molar-refractivity contribution in [3.63, 3.8) is 0 Å². The van der Waals surface area contributed by atoms with E-state index in [-0.39, 0.29) is 12.6 Å². The Bertz CT molecular complexity index is 645. The third-order valence-corrected chi connectivity index (χ3v) is 3.28. The Morgan fingerprint density at radius 1 is 1.38 bits per heavy atom. The Labute approximate surface area is 131 Å². The second kappa shape index (κ2) is 6.78. The summed E-state index contributed by atoms with van der Waals surface area (Å²) in [5.41, 5.74) is 0.676. The number of rotatable bonds is 5. The number of halogens is 2. The summed E-state index contributed by atoms with van der Waals surface area (Å²) in [4.78, 5) is 15.4. The minimum absolute atomic E-state index is 0.0709. The lowest BCUT2D eigenvalue weighted by Gasteiger charge is -2.09. The third kappa shape index (κ3) is 3.86. The number of carbonyl (C=O) groups is 1. The van der Waals surface area contributed by atoms with Gasteiger partial charge in [-0.3, -0.25) is 0 Å². The molecule has 0 N–H and O–H groups in total. The van der Waals surface area contributed by atoms with Crippen molar-refractivity contribution in [3.8, 4) is 11.7 Å². The molecule has 1 atom stereocenters. The number of hydrogen-bond donors (Lipinski definition) is 0. The molecule has 0 radical (unpaired) electrons. The molecule has 6 nitrogen and oxygen atoms in total. The molecule has 0 aliphatic rings. The van der Waals surface area contributed by atoms with Gasteiger partial charge in [-0.2, -0.15) is 4.98 Å². The Morgan fingerprint density at radius 3 is 2.81 bits per heavy atom. The molecule has 8 heteroatoms. The van der Waals surface area contributed by atoms with E-state index < -0.39 is 12.1 Å². The first-order valence-corrected chi connectivity index (χ1v) is 6.97. The van der Waals surface area contributed by atoms with E-state index in [1.807, 2.05) is 0 Å². The average Bonchev–Trinajstić information content (AvgIpc) is 2.90. The first-order chi connectivity index (χ1) is 10.0. The topological polar surface area (TPSA) is 66.2 Å². The second-order valence-electron chi connectivity index (χ2n) is 4.08. The van der Waals surface area contributed by atoms with Crippen molar-refractivity contribution in [2.45, 2.75) is 20.0 Å². The molecule has 0 fully saturated rings. The fourth-order valence-electron chi connectivity index (χ4n) is 1.52. The van der Waals surface area contributed by atoms with Crippen molar-refractivity contribution < 1.29 is 14.3 Å². The lowest BCUT2D eigenvalue weighted by molar-refractivity contribution is -0.150. The zero-order valence-corrected chi connectivity index (χ0v) is 12.9. The van der Waals surface area contributed by atoms with Gasteiger partial charge < -0.3 is 9.47 Å². The Morgan fingerprint density at radius 2 is 2.14 bits per heavy atom. The second-order valence-corrected chi connectivity index (χ2v) is 4.90. The molecule has 21 heavy (non-hydrogen) atoms. The molecule has 1 aromatic carbocycles. The Balaban J connectivity index is 2.10. The van der Waals surface area contributed by atoms with Crippen LogP contribution in [0, 0.1) is 0 Å². The number of nitrogens with zero attached hydrogens (tertiary/aromatic N) is 3. The molecule has 2 aromatic rings. The van der Waals surface area contributed by atoms with E-state index in [0.29, 0.717) is 15.7 Å². The first-order valence-electron chi connectivity index (χ1n) is 6.21. The van der Waals surface area contributed by atoms with Gasteiger partial charge in [0.05, 0.1) is 22.3 Å². The Kier molecular flexibility index (Phi) is 5.03. The molecule has 1 unspecified atom stereocenters. The molecule has 0 saturated carbocycles. The summed E-state index contributed by atoms with van der Waals surface area (Å²) >= 11 is 11.8. The van der Waals surface area contributed by atoms with Crippen molar-refractivity contribution in [2.24, 2.45) is 0 Å². The Hall–Kier alpha value is -1.79. The highest BCUT2D eigenvalue weighted by atomic mass is 35.5. The van der Waals surface area contributed by atoms with E-state index in [2.05, 4.69) is 10.1 Å². The molecule has 2 rings (SSSR count). The number of aromatic nitrogens is 3. The molecule has 0 saturated heterocycles. The van der Waals surface area contributed by atoms with E-state index in [4.69, 9.17) is 32.7 Å². The zero-order chi connectivity index (χ0) is 15.4. The normalized spacial score (nSPS) is 12.0. The van der Waals surface area contributed by atoms with Gasteiger partial charge in [0.25, 0.3) is 0 Å². The fraction of sp³-hybridized carbons (Fsp3) is 0.308. The van der Waals surface area contributed by atoms with Crippen LogP contribution in [0.25, 0.3) is 5.69 Å². The molecular formula is C13H13Cl2N3O3. The monoisotopic (exact) mass is 329 g/mol. The molecule has 1 heterocycles. The van der Waals surface area contributed by atoms with Gasteiger partial charge in [0.2, 0.25) is 0 Å². The molecular weight excluding hydrogens is 317 g/mol. The predicted octanol–water partition coefficient (Wildman–Crippen LogP) is 2.90. The molecule has 0 spiro atoms. The van der Waals surface area contributed by atoms with Gasteiger partial charge in [0.15, 0.2) is 6.10 Å². The van der Waals surface area contributed by atoms with Gasteiger partial charge in [0.1, 0.15) is 6.33 Å². The van der Waals surface area contributed by atoms with Crippen LogP contribution in [0.5, 0.6) is 6.01 Å². The van der Waals surface area contributed by atoms with E-state index in [9.17, 15) is 4.79 Å². The summed E-state index contributed by atoms with van der Waals surface area (Å²) in [7, 11) is 0. The number of esters is 1. The van der Waals surface area contributed by atoms with Crippen LogP contribution in [0.1, 0.15) is 13.8 Å². The van der Waals surface area contributed by atoms with Crippen LogP contribution < -0.4 is 4.74 Å². The minimum Gasteiger partial charge on any atom is -0.463 e. The van der Waals surface area contributed by atoms with Gasteiger partial charge in [-0.25, -0.2) is 9.48 Å². The van der Waals surface area contributed by atoms with Crippen molar-refractivity contribution in [1.29, 1.82) is 0 Å². The maximum absolute atomic E-state index is 11.5. The van der Waals surface area contributed by atoms with Crippen LogP contribution in [0.15, 0.2) is 24.5 Å². The standard InChI is InChI=1S/C13H13Cl2N3O3/c1-3-20-12(19)8(2)21-13-16-7-18(17-13)9-4-5-10(14)11(15)6-9/h4-8H,3H2,1-2H3. The highest BCUT2D eigenvalue weighted by Gasteiger charge is 2.18. The van der Waals surface area contributed by atoms with Gasteiger partial charge in [-0.15, -0.1) is 5.10 Å². The lowest BCUT2D eigenvalue weighted by Crippen LogP contribution is -2.26. The van der Waals surface area contributed by atoms with Crippen molar-refractivity contribution in [3.05, 3.63) is 34.6 Å². The molecule has 0 aliphatic heterocycles. The molecule has 0 bridgehead atoms. The number of ether oxygens (including phenoxy) is 2. The highest BCUT2D eigenvalue weighted by molar-refractivity contribution is 6.42. The average molecular weight is 330 g/mol.